The molecule has 1 aliphatic rings. The highest BCUT2D eigenvalue weighted by Gasteiger charge is 2.23. The van der Waals surface area contributed by atoms with Crippen molar-refractivity contribution in [3.05, 3.63) is 88.0 Å². The molecule has 1 unspecified atom stereocenters. The lowest BCUT2D eigenvalue weighted by atomic mass is 9.91. The first-order chi connectivity index (χ1) is 16.6. The highest BCUT2D eigenvalue weighted by atomic mass is 16.1. The highest BCUT2D eigenvalue weighted by Crippen LogP contribution is 2.28. The lowest BCUT2D eigenvalue weighted by molar-refractivity contribution is 0.0932. The monoisotopic (exact) mass is 456 g/mol. The van der Waals surface area contributed by atoms with Crippen molar-refractivity contribution in [2.75, 3.05) is 5.32 Å². The van der Waals surface area contributed by atoms with Gasteiger partial charge in [-0.2, -0.15) is 0 Å². The van der Waals surface area contributed by atoms with Crippen molar-refractivity contribution in [1.29, 1.82) is 0 Å². The quantitative estimate of drug-likeness (QED) is 0.406. The van der Waals surface area contributed by atoms with Gasteiger partial charge < -0.3 is 20.2 Å². The minimum absolute atomic E-state index is 0.114. The average molecular weight is 457 g/mol. The van der Waals surface area contributed by atoms with Crippen molar-refractivity contribution in [1.82, 2.24) is 35.0 Å². The van der Waals surface area contributed by atoms with E-state index < -0.39 is 0 Å². The lowest BCUT2D eigenvalue weighted by Crippen LogP contribution is -2.32. The summed E-state index contributed by atoms with van der Waals surface area (Å²) in [5, 5.41) is 14.9. The molecule has 0 fully saturated rings. The van der Waals surface area contributed by atoms with Crippen LogP contribution >= 0.6 is 0 Å². The van der Waals surface area contributed by atoms with Crippen molar-refractivity contribution >= 4 is 11.6 Å². The number of amides is 1. The van der Waals surface area contributed by atoms with Crippen LogP contribution < -0.4 is 16.2 Å². The van der Waals surface area contributed by atoms with Crippen LogP contribution in [0, 0.1) is 0 Å². The summed E-state index contributed by atoms with van der Waals surface area (Å²) >= 11 is 0. The number of H-pyrrole nitrogens is 1. The van der Waals surface area contributed by atoms with Crippen molar-refractivity contribution in [3.63, 3.8) is 0 Å². The molecule has 10 heteroatoms. The van der Waals surface area contributed by atoms with E-state index in [0.29, 0.717) is 23.6 Å². The van der Waals surface area contributed by atoms with Gasteiger partial charge in [-0.15, -0.1) is 10.2 Å². The van der Waals surface area contributed by atoms with Gasteiger partial charge in [0.25, 0.3) is 5.91 Å². The van der Waals surface area contributed by atoms with Crippen LogP contribution in [-0.2, 0) is 20.0 Å². The molecule has 1 aromatic carbocycles. The van der Waals surface area contributed by atoms with Gasteiger partial charge in [0, 0.05) is 36.3 Å². The van der Waals surface area contributed by atoms with Gasteiger partial charge in [0.1, 0.15) is 12.0 Å². The molecular formula is C24H24N8O2. The average Bonchev–Trinajstić information content (AvgIpc) is 3.23. The number of aromatic nitrogens is 6. The summed E-state index contributed by atoms with van der Waals surface area (Å²) in [7, 11) is 1.88. The molecule has 0 saturated heterocycles. The number of hydrogen-bond donors (Lipinski definition) is 3. The van der Waals surface area contributed by atoms with Crippen LogP contribution in [-0.4, -0.2) is 35.6 Å². The third-order valence-electron chi connectivity index (χ3n) is 5.99. The number of benzene rings is 1. The van der Waals surface area contributed by atoms with Crippen LogP contribution in [0.5, 0.6) is 0 Å². The van der Waals surface area contributed by atoms with E-state index in [1.54, 1.807) is 18.3 Å². The van der Waals surface area contributed by atoms with Crippen LogP contribution in [0.2, 0.25) is 0 Å². The summed E-state index contributed by atoms with van der Waals surface area (Å²) in [4.78, 5) is 35.6. The summed E-state index contributed by atoms with van der Waals surface area (Å²) in [6.07, 6.45) is 5.70. The Morgan fingerprint density at radius 1 is 1.21 bits per heavy atom. The molecule has 0 aliphatic heterocycles. The molecule has 4 aromatic rings. The Labute approximate surface area is 195 Å². The van der Waals surface area contributed by atoms with Crippen LogP contribution in [0.25, 0.3) is 11.5 Å². The van der Waals surface area contributed by atoms with Crippen molar-refractivity contribution in [2.45, 2.75) is 31.8 Å². The summed E-state index contributed by atoms with van der Waals surface area (Å²) in [6.45, 7) is 0.434. The molecule has 172 valence electrons. The minimum Gasteiger partial charge on any atom is -0.378 e. The number of rotatable bonds is 6. The van der Waals surface area contributed by atoms with E-state index in [1.165, 1.54) is 12.4 Å². The van der Waals surface area contributed by atoms with E-state index >= 15 is 0 Å². The number of aryl methyl sites for hydroxylation is 1. The minimum atomic E-state index is -0.155. The fourth-order valence-corrected chi connectivity index (χ4v) is 4.20. The highest BCUT2D eigenvalue weighted by molar-refractivity contribution is 5.95. The second-order valence-electron chi connectivity index (χ2n) is 8.20. The van der Waals surface area contributed by atoms with Crippen molar-refractivity contribution < 1.29 is 4.79 Å². The second kappa shape index (κ2) is 9.26. The molecule has 3 heterocycles. The Kier molecular flexibility index (Phi) is 5.86. The first-order valence-electron chi connectivity index (χ1n) is 11.1. The van der Waals surface area contributed by atoms with E-state index in [0.717, 1.165) is 42.0 Å². The van der Waals surface area contributed by atoms with Gasteiger partial charge in [-0.1, -0.05) is 6.07 Å². The van der Waals surface area contributed by atoms with Crippen molar-refractivity contribution in [2.24, 2.45) is 7.05 Å². The molecule has 0 saturated carbocycles. The van der Waals surface area contributed by atoms with Crippen LogP contribution in [0.15, 0.2) is 59.8 Å². The molecular weight excluding hydrogens is 432 g/mol. The standard InChI is InChI=1S/C24H24N8O2/c1-32-21(30-31-23(32)20-10-11-25-14-27-20)13-26-16-5-2-4-15(12-16)24(34)29-19-7-3-6-18-17(19)8-9-22(33)28-18/h2,4-5,8-12,14,19,26H,3,6-7,13H2,1H3,(H,28,33)(H,29,34). The van der Waals surface area contributed by atoms with Gasteiger partial charge in [0.2, 0.25) is 5.56 Å². The van der Waals surface area contributed by atoms with Crippen LogP contribution in [0.4, 0.5) is 5.69 Å². The Morgan fingerprint density at radius 2 is 2.12 bits per heavy atom. The number of carbonyl (C=O) groups is 1. The molecule has 1 aliphatic carbocycles. The molecule has 0 bridgehead atoms. The van der Waals surface area contributed by atoms with Gasteiger partial charge in [0.05, 0.1) is 12.6 Å². The fourth-order valence-electron chi connectivity index (χ4n) is 4.20. The first kappa shape index (κ1) is 21.5. The Balaban J connectivity index is 1.26. The molecule has 0 radical (unpaired) electrons. The summed E-state index contributed by atoms with van der Waals surface area (Å²) in [5.41, 5.74) is 3.83. The molecule has 3 aromatic heterocycles. The van der Waals surface area contributed by atoms with E-state index in [4.69, 9.17) is 0 Å². The molecule has 10 nitrogen and oxygen atoms in total. The topological polar surface area (TPSA) is 130 Å². The third kappa shape index (κ3) is 4.42. The number of carbonyl (C=O) groups excluding carboxylic acids is 1. The van der Waals surface area contributed by atoms with Crippen LogP contribution in [0.3, 0.4) is 0 Å². The predicted molar refractivity (Wildman–Crippen MR) is 126 cm³/mol. The first-order valence-corrected chi connectivity index (χ1v) is 11.1. The number of aromatic amines is 1. The van der Waals surface area contributed by atoms with Gasteiger partial charge in [-0.25, -0.2) is 9.97 Å². The number of nitrogens with one attached hydrogen (secondary N) is 3. The van der Waals surface area contributed by atoms with Crippen LogP contribution in [0.1, 0.15) is 46.3 Å². The Morgan fingerprint density at radius 3 is 2.97 bits per heavy atom. The van der Waals surface area contributed by atoms with Gasteiger partial charge in [-0.05, 0) is 55.2 Å². The molecule has 0 spiro atoms. The molecule has 1 amide bonds. The van der Waals surface area contributed by atoms with E-state index in [2.05, 4.69) is 35.8 Å². The molecule has 34 heavy (non-hydrogen) atoms. The molecule has 3 N–H and O–H groups in total. The number of nitrogens with zero attached hydrogens (tertiary/aromatic N) is 5. The Bertz CT molecular complexity index is 1380. The third-order valence-corrected chi connectivity index (χ3v) is 5.99. The zero-order valence-corrected chi connectivity index (χ0v) is 18.7. The fraction of sp³-hybridized carbons (Fsp3) is 0.250. The largest absolute Gasteiger partial charge is 0.378 e. The van der Waals surface area contributed by atoms with Gasteiger partial charge in [-0.3, -0.25) is 9.59 Å². The zero-order chi connectivity index (χ0) is 23.5. The smallest absolute Gasteiger partial charge is 0.251 e. The SMILES string of the molecule is Cn1c(CNc2cccc(C(=O)NC3CCCc4[nH]c(=O)ccc43)c2)nnc1-c1ccncn1. The maximum absolute atomic E-state index is 13.0. The summed E-state index contributed by atoms with van der Waals surface area (Å²) < 4.78 is 1.87. The maximum atomic E-state index is 13.0. The summed E-state index contributed by atoms with van der Waals surface area (Å²) in [6, 6.07) is 12.3. The number of pyridine rings is 1. The lowest BCUT2D eigenvalue weighted by Gasteiger charge is -2.26. The van der Waals surface area contributed by atoms with E-state index in [-0.39, 0.29) is 17.5 Å². The normalized spacial score (nSPS) is 14.9. The van der Waals surface area contributed by atoms with Crippen molar-refractivity contribution in [3.8, 4) is 11.5 Å². The maximum Gasteiger partial charge on any atom is 0.251 e. The Hall–Kier alpha value is -4.34. The van der Waals surface area contributed by atoms with Gasteiger partial charge >= 0.3 is 0 Å². The zero-order valence-electron chi connectivity index (χ0n) is 18.7. The number of anilines is 1. The summed E-state index contributed by atoms with van der Waals surface area (Å²) in [5.74, 6) is 1.23. The predicted octanol–water partition coefficient (Wildman–Crippen LogP) is 2.38. The van der Waals surface area contributed by atoms with E-state index in [9.17, 15) is 9.59 Å². The van der Waals surface area contributed by atoms with Gasteiger partial charge in [0.15, 0.2) is 11.6 Å². The molecule has 5 rings (SSSR count). The molecule has 1 atom stereocenters. The number of hydrogen-bond acceptors (Lipinski definition) is 7. The number of fused-ring (bicyclic) bond motifs is 1. The second-order valence-corrected chi connectivity index (χ2v) is 8.20. The van der Waals surface area contributed by atoms with E-state index in [1.807, 2.05) is 35.9 Å².